The van der Waals surface area contributed by atoms with Gasteiger partial charge in [-0.2, -0.15) is 0 Å². The van der Waals surface area contributed by atoms with E-state index in [-0.39, 0.29) is 11.9 Å². The van der Waals surface area contributed by atoms with Crippen LogP contribution in [0, 0.1) is 0 Å². The lowest BCUT2D eigenvalue weighted by molar-refractivity contribution is -0.140. The highest BCUT2D eigenvalue weighted by atomic mass is 35.5. The topological polar surface area (TPSA) is 36.0 Å². The average molecular weight is 386 g/mol. The Labute approximate surface area is 159 Å². The summed E-state index contributed by atoms with van der Waals surface area (Å²) in [5.74, 6) is 0.126. The van der Waals surface area contributed by atoms with Crippen molar-refractivity contribution in [1.82, 2.24) is 14.7 Å². The third-order valence-corrected chi connectivity index (χ3v) is 5.69. The van der Waals surface area contributed by atoms with Crippen molar-refractivity contribution in [2.24, 2.45) is 0 Å². The molecule has 1 atom stereocenters. The Kier molecular flexibility index (Phi) is 6.58. The number of benzene rings is 1. The van der Waals surface area contributed by atoms with Crippen LogP contribution in [0.5, 0.6) is 0 Å². The number of likely N-dealkylation sites (N-methyl/N-ethyl adjacent to an activating group) is 1. The number of nitrogens with zero attached hydrogens (tertiary/aromatic N) is 3. The molecule has 0 N–H and O–H groups in total. The smallest absolute Gasteiger partial charge is 0.227 e. The van der Waals surface area contributed by atoms with Crippen LogP contribution in [0.25, 0.3) is 0 Å². The van der Waals surface area contributed by atoms with Crippen molar-refractivity contribution in [3.8, 4) is 0 Å². The first-order valence-corrected chi connectivity index (χ1v) is 9.50. The molecule has 1 amide bonds. The molecule has 2 aliphatic heterocycles. The highest BCUT2D eigenvalue weighted by Crippen LogP contribution is 2.23. The number of amides is 1. The van der Waals surface area contributed by atoms with Crippen LogP contribution in [0.1, 0.15) is 5.56 Å². The van der Waals surface area contributed by atoms with Crippen molar-refractivity contribution in [2.45, 2.75) is 12.5 Å². The van der Waals surface area contributed by atoms with Gasteiger partial charge in [-0.1, -0.05) is 29.3 Å². The molecule has 0 aliphatic carbocycles. The zero-order chi connectivity index (χ0) is 17.8. The van der Waals surface area contributed by atoms with E-state index in [4.69, 9.17) is 27.9 Å². The molecule has 5 nitrogen and oxygen atoms in total. The number of morpholine rings is 1. The molecule has 0 saturated carbocycles. The number of rotatable bonds is 4. The lowest BCUT2D eigenvalue weighted by Crippen LogP contribution is -2.56. The summed E-state index contributed by atoms with van der Waals surface area (Å²) in [7, 11) is 2.15. The van der Waals surface area contributed by atoms with Gasteiger partial charge in [0.15, 0.2) is 0 Å². The molecule has 1 aromatic rings. The molecule has 0 bridgehead atoms. The lowest BCUT2D eigenvalue weighted by atomic mass is 10.1. The predicted octanol–water partition coefficient (Wildman–Crippen LogP) is 2.01. The molecule has 0 spiro atoms. The molecule has 25 heavy (non-hydrogen) atoms. The Hall–Kier alpha value is -0.850. The zero-order valence-corrected chi connectivity index (χ0v) is 16.1. The van der Waals surface area contributed by atoms with Gasteiger partial charge in [0.1, 0.15) is 0 Å². The summed E-state index contributed by atoms with van der Waals surface area (Å²) in [4.78, 5) is 19.6. The van der Waals surface area contributed by atoms with Crippen molar-refractivity contribution in [3.05, 3.63) is 33.8 Å². The molecule has 2 saturated heterocycles. The summed E-state index contributed by atoms with van der Waals surface area (Å²) in [6.07, 6.45) is 0.343. The summed E-state index contributed by atoms with van der Waals surface area (Å²) in [5.41, 5.74) is 0.893. The first-order valence-electron chi connectivity index (χ1n) is 8.75. The molecule has 0 radical (unpaired) electrons. The molecular weight excluding hydrogens is 361 g/mol. The summed E-state index contributed by atoms with van der Waals surface area (Å²) < 4.78 is 5.64. The van der Waals surface area contributed by atoms with E-state index in [1.54, 1.807) is 12.1 Å². The summed E-state index contributed by atoms with van der Waals surface area (Å²) in [5, 5.41) is 1.00. The van der Waals surface area contributed by atoms with Gasteiger partial charge in [0.25, 0.3) is 0 Å². The fraction of sp³-hybridized carbons (Fsp3) is 0.611. The second-order valence-corrected chi connectivity index (χ2v) is 7.66. The number of hydrogen-bond acceptors (Lipinski definition) is 4. The number of ether oxygens (including phenoxy) is 1. The Morgan fingerprint density at radius 2 is 1.92 bits per heavy atom. The van der Waals surface area contributed by atoms with Crippen molar-refractivity contribution in [1.29, 1.82) is 0 Å². The molecule has 1 aromatic carbocycles. The van der Waals surface area contributed by atoms with Gasteiger partial charge in [0.2, 0.25) is 5.91 Å². The summed E-state index contributed by atoms with van der Waals surface area (Å²) in [6.45, 7) is 6.98. The minimum Gasteiger partial charge on any atom is -0.377 e. The molecule has 138 valence electrons. The molecule has 2 heterocycles. The summed E-state index contributed by atoms with van der Waals surface area (Å²) in [6, 6.07) is 5.50. The fourth-order valence-electron chi connectivity index (χ4n) is 3.39. The van der Waals surface area contributed by atoms with Crippen LogP contribution in [-0.2, 0) is 16.0 Å². The Balaban J connectivity index is 1.61. The normalized spacial score (nSPS) is 23.0. The molecule has 2 fully saturated rings. The minimum atomic E-state index is 0.118. The Bertz CT molecular complexity index is 606. The van der Waals surface area contributed by atoms with E-state index in [1.807, 2.05) is 11.0 Å². The molecular formula is C18H25Cl2N3O2. The maximum Gasteiger partial charge on any atom is 0.227 e. The highest BCUT2D eigenvalue weighted by molar-refractivity contribution is 6.42. The quantitative estimate of drug-likeness (QED) is 0.793. The van der Waals surface area contributed by atoms with E-state index in [1.165, 1.54) is 0 Å². The van der Waals surface area contributed by atoms with Crippen molar-refractivity contribution >= 4 is 29.1 Å². The third-order valence-electron chi connectivity index (χ3n) is 4.95. The van der Waals surface area contributed by atoms with Crippen molar-refractivity contribution < 1.29 is 9.53 Å². The number of piperazine rings is 1. The van der Waals surface area contributed by atoms with E-state index in [2.05, 4.69) is 16.8 Å². The van der Waals surface area contributed by atoms with Gasteiger partial charge in [0, 0.05) is 39.3 Å². The maximum atomic E-state index is 12.8. The molecule has 2 aliphatic rings. The summed E-state index contributed by atoms with van der Waals surface area (Å²) >= 11 is 12.0. The molecule has 3 rings (SSSR count). The van der Waals surface area contributed by atoms with Crippen LogP contribution in [0.4, 0.5) is 0 Å². The van der Waals surface area contributed by atoms with Gasteiger partial charge in [-0.05, 0) is 24.7 Å². The van der Waals surface area contributed by atoms with Gasteiger partial charge in [0.05, 0.1) is 35.7 Å². The first-order chi connectivity index (χ1) is 12.0. The van der Waals surface area contributed by atoms with Gasteiger partial charge in [-0.15, -0.1) is 0 Å². The number of carbonyl (C=O) groups is 1. The van der Waals surface area contributed by atoms with Crippen molar-refractivity contribution in [2.75, 3.05) is 59.5 Å². The van der Waals surface area contributed by atoms with Crippen LogP contribution in [-0.4, -0.2) is 86.2 Å². The Morgan fingerprint density at radius 1 is 1.16 bits per heavy atom. The largest absolute Gasteiger partial charge is 0.377 e. The van der Waals surface area contributed by atoms with Crippen LogP contribution in [0.15, 0.2) is 18.2 Å². The van der Waals surface area contributed by atoms with Gasteiger partial charge < -0.3 is 14.5 Å². The number of hydrogen-bond donors (Lipinski definition) is 0. The fourth-order valence-corrected chi connectivity index (χ4v) is 3.71. The number of carbonyl (C=O) groups excluding carboxylic acids is 1. The van der Waals surface area contributed by atoms with E-state index in [9.17, 15) is 4.79 Å². The van der Waals surface area contributed by atoms with E-state index in [0.717, 1.165) is 38.3 Å². The van der Waals surface area contributed by atoms with E-state index >= 15 is 0 Å². The monoisotopic (exact) mass is 385 g/mol. The minimum absolute atomic E-state index is 0.118. The van der Waals surface area contributed by atoms with Crippen LogP contribution in [0.2, 0.25) is 10.0 Å². The lowest BCUT2D eigenvalue weighted by Gasteiger charge is -2.40. The van der Waals surface area contributed by atoms with Crippen LogP contribution in [0.3, 0.4) is 0 Å². The predicted molar refractivity (Wildman–Crippen MR) is 100 cm³/mol. The Morgan fingerprint density at radius 3 is 2.64 bits per heavy atom. The van der Waals surface area contributed by atoms with Gasteiger partial charge >= 0.3 is 0 Å². The molecule has 0 aromatic heterocycles. The number of halogens is 2. The van der Waals surface area contributed by atoms with Gasteiger partial charge in [-0.3, -0.25) is 9.69 Å². The van der Waals surface area contributed by atoms with Crippen molar-refractivity contribution in [3.63, 3.8) is 0 Å². The van der Waals surface area contributed by atoms with E-state index < -0.39 is 0 Å². The van der Waals surface area contributed by atoms with Gasteiger partial charge in [-0.25, -0.2) is 0 Å². The molecule has 1 unspecified atom stereocenters. The third kappa shape index (κ3) is 5.08. The molecule has 7 heteroatoms. The second kappa shape index (κ2) is 8.69. The zero-order valence-electron chi connectivity index (χ0n) is 14.6. The highest BCUT2D eigenvalue weighted by Gasteiger charge is 2.29. The van der Waals surface area contributed by atoms with Crippen LogP contribution < -0.4 is 0 Å². The van der Waals surface area contributed by atoms with Crippen LogP contribution >= 0.6 is 23.2 Å². The second-order valence-electron chi connectivity index (χ2n) is 6.84. The average Bonchev–Trinajstić information content (AvgIpc) is 2.60. The first kappa shape index (κ1) is 18.9. The standard InChI is InChI=1S/C18H25Cl2N3O2/c1-21-4-6-22(7-5-21)12-15-13-25-9-8-23(15)18(24)11-14-2-3-16(19)17(20)10-14/h2-3,10,15H,4-9,11-13H2,1H3. The maximum absolute atomic E-state index is 12.8. The van der Waals surface area contributed by atoms with E-state index in [0.29, 0.717) is 36.2 Å². The SMILES string of the molecule is CN1CCN(CC2COCCN2C(=O)Cc2ccc(Cl)c(Cl)c2)CC1.